The Hall–Kier alpha value is -1.14. The van der Waals surface area contributed by atoms with Crippen molar-refractivity contribution in [2.24, 2.45) is 0 Å². The summed E-state index contributed by atoms with van der Waals surface area (Å²) in [6, 6.07) is 0.252. The van der Waals surface area contributed by atoms with Gasteiger partial charge in [0.1, 0.15) is 0 Å². The van der Waals surface area contributed by atoms with Crippen molar-refractivity contribution in [3.63, 3.8) is 0 Å². The van der Waals surface area contributed by atoms with Gasteiger partial charge in [-0.3, -0.25) is 0 Å². The summed E-state index contributed by atoms with van der Waals surface area (Å²) in [4.78, 5) is 6.55. The first-order valence-corrected chi connectivity index (χ1v) is 5.83. The highest BCUT2D eigenvalue weighted by Crippen LogP contribution is 2.23. The molecule has 0 aromatic carbocycles. The zero-order valence-electron chi connectivity index (χ0n) is 9.19. The second-order valence-electron chi connectivity index (χ2n) is 4.18. The first-order chi connectivity index (χ1) is 7.93. The summed E-state index contributed by atoms with van der Waals surface area (Å²) < 4.78 is 10.6. The number of rotatable bonds is 2. The number of aromatic nitrogens is 2. The molecule has 2 aliphatic rings. The van der Waals surface area contributed by atoms with E-state index in [-0.39, 0.29) is 6.04 Å². The second-order valence-corrected chi connectivity index (χ2v) is 4.18. The lowest BCUT2D eigenvalue weighted by molar-refractivity contribution is 0.121. The van der Waals surface area contributed by atoms with Gasteiger partial charge in [0.15, 0.2) is 0 Å². The molecule has 88 valence electrons. The summed E-state index contributed by atoms with van der Waals surface area (Å²) in [6.07, 6.45) is 2.27. The predicted octanol–water partition coefficient (Wildman–Crippen LogP) is 0.331. The van der Waals surface area contributed by atoms with E-state index in [0.717, 1.165) is 45.2 Å². The van der Waals surface area contributed by atoms with Crippen LogP contribution in [0.25, 0.3) is 0 Å². The Morgan fingerprint density at radius 1 is 1.31 bits per heavy atom. The molecule has 0 aliphatic carbocycles. The summed E-state index contributed by atoms with van der Waals surface area (Å²) in [5.74, 6) is 1.42. The molecule has 0 saturated carbocycles. The third-order valence-electron chi connectivity index (χ3n) is 3.08. The Labute approximate surface area is 93.9 Å². The van der Waals surface area contributed by atoms with E-state index in [0.29, 0.717) is 5.95 Å². The highest BCUT2D eigenvalue weighted by atomic mass is 16.5. The largest absolute Gasteiger partial charge is 0.378 e. The molecule has 2 fully saturated rings. The number of hydrogen-bond donors (Lipinski definition) is 1. The maximum absolute atomic E-state index is 5.30. The summed E-state index contributed by atoms with van der Waals surface area (Å²) in [6.45, 7) is 4.21. The van der Waals surface area contributed by atoms with Crippen molar-refractivity contribution in [3.05, 3.63) is 5.89 Å². The number of morpholine rings is 1. The molecule has 2 aliphatic heterocycles. The molecule has 0 amide bonds. The molecule has 1 aromatic rings. The van der Waals surface area contributed by atoms with E-state index in [1.807, 2.05) is 0 Å². The van der Waals surface area contributed by atoms with Crippen molar-refractivity contribution in [3.8, 4) is 0 Å². The quantitative estimate of drug-likeness (QED) is 0.781. The van der Waals surface area contributed by atoms with Crippen LogP contribution in [0.5, 0.6) is 0 Å². The molecule has 0 radical (unpaired) electrons. The third-order valence-corrected chi connectivity index (χ3v) is 3.08. The fourth-order valence-corrected chi connectivity index (χ4v) is 2.16. The van der Waals surface area contributed by atoms with Gasteiger partial charge in [-0.25, -0.2) is 0 Å². The molecule has 0 unspecified atom stereocenters. The highest BCUT2D eigenvalue weighted by molar-refractivity contribution is 5.28. The van der Waals surface area contributed by atoms with Crippen molar-refractivity contribution in [1.82, 2.24) is 15.5 Å². The number of nitrogens with one attached hydrogen (secondary N) is 1. The molecular weight excluding hydrogens is 208 g/mol. The van der Waals surface area contributed by atoms with Crippen LogP contribution < -0.4 is 10.2 Å². The summed E-state index contributed by atoms with van der Waals surface area (Å²) >= 11 is 0. The monoisotopic (exact) mass is 224 g/mol. The minimum atomic E-state index is 0.252. The lowest BCUT2D eigenvalue weighted by Gasteiger charge is -2.24. The normalized spacial score (nSPS) is 26.2. The van der Waals surface area contributed by atoms with Gasteiger partial charge in [0, 0.05) is 13.1 Å². The number of nitrogens with zero attached hydrogens (tertiary/aromatic N) is 3. The maximum Gasteiger partial charge on any atom is 0.266 e. The maximum atomic E-state index is 5.30. The van der Waals surface area contributed by atoms with Crippen molar-refractivity contribution >= 4 is 5.95 Å². The van der Waals surface area contributed by atoms with Gasteiger partial charge in [0.2, 0.25) is 5.89 Å². The standard InChI is InChI=1S/C10H16N4O2/c1-2-8(11-3-1)9-12-10(13-16-9)14-4-6-15-7-5-14/h8,11H,1-7H2/t8-/m1/s1. The van der Waals surface area contributed by atoms with Crippen LogP contribution in [0.3, 0.4) is 0 Å². The second kappa shape index (κ2) is 4.39. The fourth-order valence-electron chi connectivity index (χ4n) is 2.16. The van der Waals surface area contributed by atoms with Gasteiger partial charge < -0.3 is 19.5 Å². The van der Waals surface area contributed by atoms with E-state index in [1.54, 1.807) is 0 Å². The summed E-state index contributed by atoms with van der Waals surface area (Å²) in [5.41, 5.74) is 0. The Kier molecular flexibility index (Phi) is 2.75. The third kappa shape index (κ3) is 1.90. The zero-order valence-corrected chi connectivity index (χ0v) is 9.19. The Bertz CT molecular complexity index is 342. The van der Waals surface area contributed by atoms with Gasteiger partial charge in [-0.15, -0.1) is 0 Å². The average Bonchev–Trinajstić information content (AvgIpc) is 3.01. The van der Waals surface area contributed by atoms with Crippen LogP contribution in [0.15, 0.2) is 4.52 Å². The Morgan fingerprint density at radius 3 is 2.94 bits per heavy atom. The van der Waals surface area contributed by atoms with Crippen molar-refractivity contribution in [1.29, 1.82) is 0 Å². The molecule has 16 heavy (non-hydrogen) atoms. The molecule has 3 rings (SSSR count). The predicted molar refractivity (Wildman–Crippen MR) is 57.3 cm³/mol. The molecule has 1 N–H and O–H groups in total. The van der Waals surface area contributed by atoms with Gasteiger partial charge in [-0.1, -0.05) is 0 Å². The van der Waals surface area contributed by atoms with E-state index in [1.165, 1.54) is 6.42 Å². The Morgan fingerprint density at radius 2 is 2.19 bits per heavy atom. The van der Waals surface area contributed by atoms with E-state index in [4.69, 9.17) is 9.26 Å². The number of ether oxygens (including phenoxy) is 1. The van der Waals surface area contributed by atoms with Gasteiger partial charge >= 0.3 is 0 Å². The first kappa shape index (κ1) is 10.0. The topological polar surface area (TPSA) is 63.4 Å². The first-order valence-electron chi connectivity index (χ1n) is 5.83. The van der Waals surface area contributed by atoms with Crippen molar-refractivity contribution < 1.29 is 9.26 Å². The lowest BCUT2D eigenvalue weighted by Crippen LogP contribution is -2.36. The smallest absolute Gasteiger partial charge is 0.266 e. The fraction of sp³-hybridized carbons (Fsp3) is 0.800. The van der Waals surface area contributed by atoms with E-state index in [2.05, 4.69) is 20.4 Å². The molecule has 1 aromatic heterocycles. The van der Waals surface area contributed by atoms with Crippen LogP contribution in [0.1, 0.15) is 24.8 Å². The van der Waals surface area contributed by atoms with Crippen LogP contribution in [-0.4, -0.2) is 43.0 Å². The van der Waals surface area contributed by atoms with Crippen LogP contribution in [0, 0.1) is 0 Å². The molecule has 3 heterocycles. The molecule has 1 atom stereocenters. The van der Waals surface area contributed by atoms with Crippen LogP contribution >= 0.6 is 0 Å². The molecule has 6 heteroatoms. The molecular formula is C10H16N4O2. The zero-order chi connectivity index (χ0) is 10.8. The average molecular weight is 224 g/mol. The SMILES string of the molecule is C1CN[C@@H](c2nc(N3CCOCC3)no2)C1. The minimum absolute atomic E-state index is 0.252. The van der Waals surface area contributed by atoms with Crippen molar-refractivity contribution in [2.75, 3.05) is 37.7 Å². The van der Waals surface area contributed by atoms with E-state index in [9.17, 15) is 0 Å². The number of anilines is 1. The van der Waals surface area contributed by atoms with Gasteiger partial charge in [-0.05, 0) is 24.5 Å². The minimum Gasteiger partial charge on any atom is -0.378 e. The lowest BCUT2D eigenvalue weighted by atomic mass is 10.2. The molecule has 6 nitrogen and oxygen atoms in total. The van der Waals surface area contributed by atoms with E-state index >= 15 is 0 Å². The summed E-state index contributed by atoms with van der Waals surface area (Å²) in [5, 5.41) is 7.38. The van der Waals surface area contributed by atoms with Crippen LogP contribution in [0.4, 0.5) is 5.95 Å². The highest BCUT2D eigenvalue weighted by Gasteiger charge is 2.24. The van der Waals surface area contributed by atoms with Gasteiger partial charge in [0.05, 0.1) is 19.3 Å². The molecule has 0 bridgehead atoms. The summed E-state index contributed by atoms with van der Waals surface area (Å²) in [7, 11) is 0. The van der Waals surface area contributed by atoms with Crippen LogP contribution in [-0.2, 0) is 4.74 Å². The van der Waals surface area contributed by atoms with Crippen molar-refractivity contribution in [2.45, 2.75) is 18.9 Å². The number of hydrogen-bond acceptors (Lipinski definition) is 6. The molecule has 0 spiro atoms. The van der Waals surface area contributed by atoms with Crippen LogP contribution in [0.2, 0.25) is 0 Å². The van der Waals surface area contributed by atoms with Gasteiger partial charge in [0.25, 0.3) is 5.95 Å². The van der Waals surface area contributed by atoms with E-state index < -0.39 is 0 Å². The molecule has 2 saturated heterocycles. The Balaban J connectivity index is 1.71. The van der Waals surface area contributed by atoms with Gasteiger partial charge in [-0.2, -0.15) is 4.98 Å².